The van der Waals surface area contributed by atoms with Crippen molar-refractivity contribution in [2.75, 3.05) is 0 Å². The molecule has 70 valence electrons. The van der Waals surface area contributed by atoms with Gasteiger partial charge < -0.3 is 4.74 Å². The third kappa shape index (κ3) is 1.28. The van der Waals surface area contributed by atoms with Crippen LogP contribution in [-0.2, 0) is 4.74 Å². The molecule has 3 fully saturated rings. The van der Waals surface area contributed by atoms with Crippen molar-refractivity contribution >= 4 is 0 Å². The summed E-state index contributed by atoms with van der Waals surface area (Å²) < 4.78 is 6.13. The Morgan fingerprint density at radius 2 is 1.83 bits per heavy atom. The van der Waals surface area contributed by atoms with Crippen molar-refractivity contribution in [2.24, 2.45) is 11.8 Å². The lowest BCUT2D eigenvalue weighted by Gasteiger charge is -2.50. The van der Waals surface area contributed by atoms with Crippen LogP contribution in [0.15, 0.2) is 0 Å². The number of rotatable bonds is 1. The standard InChI is InChI=1S/C11H20O/c1-8(2)10-9-4-6-11(3,12-10)7-5-9/h8-10H,4-7H2,1-3H3/t9?,10-,11?/m1/s1. The molecule has 0 unspecified atom stereocenters. The molecule has 2 heterocycles. The van der Waals surface area contributed by atoms with Gasteiger partial charge in [-0.05, 0) is 44.4 Å². The van der Waals surface area contributed by atoms with Crippen LogP contribution in [0.3, 0.4) is 0 Å². The molecule has 12 heavy (non-hydrogen) atoms. The molecular weight excluding hydrogens is 148 g/mol. The van der Waals surface area contributed by atoms with Crippen LogP contribution in [0, 0.1) is 11.8 Å². The Morgan fingerprint density at radius 3 is 2.17 bits per heavy atom. The van der Waals surface area contributed by atoms with E-state index in [0.29, 0.717) is 12.0 Å². The van der Waals surface area contributed by atoms with Gasteiger partial charge in [0, 0.05) is 0 Å². The largest absolute Gasteiger partial charge is 0.372 e. The molecule has 0 spiro atoms. The molecular formula is C11H20O. The molecule has 3 aliphatic rings. The fourth-order valence-corrected chi connectivity index (χ4v) is 2.80. The Bertz CT molecular complexity index is 166. The van der Waals surface area contributed by atoms with E-state index in [1.165, 1.54) is 25.7 Å². The molecule has 3 rings (SSSR count). The van der Waals surface area contributed by atoms with Crippen LogP contribution in [0.2, 0.25) is 0 Å². The summed E-state index contributed by atoms with van der Waals surface area (Å²) in [5.74, 6) is 1.57. The first-order valence-electron chi connectivity index (χ1n) is 5.28. The molecule has 0 radical (unpaired) electrons. The van der Waals surface area contributed by atoms with Gasteiger partial charge in [-0.3, -0.25) is 0 Å². The molecule has 0 aromatic carbocycles. The smallest absolute Gasteiger partial charge is 0.0658 e. The average molecular weight is 168 g/mol. The third-order valence-corrected chi connectivity index (χ3v) is 3.63. The first-order valence-corrected chi connectivity index (χ1v) is 5.28. The van der Waals surface area contributed by atoms with Crippen molar-refractivity contribution in [1.29, 1.82) is 0 Å². The minimum absolute atomic E-state index is 0.240. The molecule has 1 nitrogen and oxygen atoms in total. The van der Waals surface area contributed by atoms with E-state index >= 15 is 0 Å². The average Bonchev–Trinajstić information content (AvgIpc) is 2.04. The van der Waals surface area contributed by atoms with E-state index in [-0.39, 0.29) is 5.60 Å². The van der Waals surface area contributed by atoms with Crippen LogP contribution in [0.5, 0.6) is 0 Å². The Morgan fingerprint density at radius 1 is 1.25 bits per heavy atom. The van der Waals surface area contributed by atoms with E-state index < -0.39 is 0 Å². The molecule has 0 aromatic heterocycles. The summed E-state index contributed by atoms with van der Waals surface area (Å²) in [5, 5.41) is 0. The fraction of sp³-hybridized carbons (Fsp3) is 1.00. The summed E-state index contributed by atoms with van der Waals surface area (Å²) in [6.07, 6.45) is 5.94. The molecule has 2 saturated heterocycles. The van der Waals surface area contributed by atoms with Crippen molar-refractivity contribution in [2.45, 2.75) is 58.2 Å². The van der Waals surface area contributed by atoms with Crippen LogP contribution in [0.4, 0.5) is 0 Å². The molecule has 1 heteroatoms. The lowest BCUT2D eigenvalue weighted by Crippen LogP contribution is -2.50. The molecule has 1 saturated carbocycles. The van der Waals surface area contributed by atoms with Gasteiger partial charge in [0.2, 0.25) is 0 Å². The maximum absolute atomic E-state index is 6.13. The lowest BCUT2D eigenvalue weighted by atomic mass is 9.71. The summed E-state index contributed by atoms with van der Waals surface area (Å²) in [6, 6.07) is 0. The molecule has 0 amide bonds. The molecule has 2 aliphatic heterocycles. The highest BCUT2D eigenvalue weighted by Crippen LogP contribution is 2.46. The van der Waals surface area contributed by atoms with Crippen molar-refractivity contribution in [3.8, 4) is 0 Å². The normalized spacial score (nSPS) is 47.0. The quantitative estimate of drug-likeness (QED) is 0.585. The van der Waals surface area contributed by atoms with Crippen molar-refractivity contribution in [1.82, 2.24) is 0 Å². The van der Waals surface area contributed by atoms with Gasteiger partial charge in [-0.25, -0.2) is 0 Å². The summed E-state index contributed by atoms with van der Waals surface area (Å²) in [6.45, 7) is 6.86. The van der Waals surface area contributed by atoms with Gasteiger partial charge in [0.05, 0.1) is 11.7 Å². The van der Waals surface area contributed by atoms with Gasteiger partial charge in [0.25, 0.3) is 0 Å². The van der Waals surface area contributed by atoms with Crippen LogP contribution in [-0.4, -0.2) is 11.7 Å². The van der Waals surface area contributed by atoms with Crippen molar-refractivity contribution in [3.63, 3.8) is 0 Å². The van der Waals surface area contributed by atoms with Gasteiger partial charge in [-0.1, -0.05) is 13.8 Å². The number of hydrogen-bond acceptors (Lipinski definition) is 1. The highest BCUT2D eigenvalue weighted by atomic mass is 16.5. The molecule has 0 N–H and O–H groups in total. The third-order valence-electron chi connectivity index (χ3n) is 3.63. The van der Waals surface area contributed by atoms with Crippen molar-refractivity contribution < 1.29 is 4.74 Å². The van der Waals surface area contributed by atoms with Crippen LogP contribution < -0.4 is 0 Å². The summed E-state index contributed by atoms with van der Waals surface area (Å²) in [7, 11) is 0. The topological polar surface area (TPSA) is 9.23 Å². The van der Waals surface area contributed by atoms with E-state index in [9.17, 15) is 0 Å². The molecule has 1 aliphatic carbocycles. The van der Waals surface area contributed by atoms with Gasteiger partial charge in [-0.2, -0.15) is 0 Å². The molecule has 0 aromatic rings. The SMILES string of the molecule is CC(C)[C@H]1OC2(C)CCC1CC2. The predicted molar refractivity (Wildman–Crippen MR) is 50.1 cm³/mol. The Hall–Kier alpha value is -0.0400. The zero-order valence-electron chi connectivity index (χ0n) is 8.47. The van der Waals surface area contributed by atoms with Crippen molar-refractivity contribution in [3.05, 3.63) is 0 Å². The summed E-state index contributed by atoms with van der Waals surface area (Å²) in [4.78, 5) is 0. The fourth-order valence-electron chi connectivity index (χ4n) is 2.80. The van der Waals surface area contributed by atoms with Crippen LogP contribution in [0.25, 0.3) is 0 Å². The van der Waals surface area contributed by atoms with Crippen LogP contribution in [0.1, 0.15) is 46.5 Å². The molecule has 1 atom stereocenters. The van der Waals surface area contributed by atoms with Gasteiger partial charge in [0.15, 0.2) is 0 Å². The Balaban J connectivity index is 2.11. The lowest BCUT2D eigenvalue weighted by molar-refractivity contribution is -0.198. The molecule has 2 bridgehead atoms. The van der Waals surface area contributed by atoms with Gasteiger partial charge in [-0.15, -0.1) is 0 Å². The zero-order chi connectivity index (χ0) is 8.77. The van der Waals surface area contributed by atoms with E-state index in [2.05, 4.69) is 20.8 Å². The Labute approximate surface area is 75.5 Å². The van der Waals surface area contributed by atoms with E-state index in [0.717, 1.165) is 5.92 Å². The number of ether oxygens (including phenoxy) is 1. The first kappa shape index (κ1) is 8.55. The second-order valence-electron chi connectivity index (χ2n) is 5.11. The van der Waals surface area contributed by atoms with Gasteiger partial charge in [0.1, 0.15) is 0 Å². The summed E-state index contributed by atoms with van der Waals surface area (Å²) in [5.41, 5.74) is 0.240. The minimum Gasteiger partial charge on any atom is -0.372 e. The minimum atomic E-state index is 0.240. The maximum Gasteiger partial charge on any atom is 0.0658 e. The van der Waals surface area contributed by atoms with Gasteiger partial charge >= 0.3 is 0 Å². The monoisotopic (exact) mass is 168 g/mol. The first-order chi connectivity index (χ1) is 5.61. The zero-order valence-corrected chi connectivity index (χ0v) is 8.47. The van der Waals surface area contributed by atoms with E-state index in [1.54, 1.807) is 0 Å². The highest BCUT2D eigenvalue weighted by molar-refractivity contribution is 4.94. The Kier molecular flexibility index (Phi) is 1.95. The number of fused-ring (bicyclic) bond motifs is 3. The van der Waals surface area contributed by atoms with E-state index in [4.69, 9.17) is 4.74 Å². The van der Waals surface area contributed by atoms with E-state index in [1.807, 2.05) is 0 Å². The second kappa shape index (κ2) is 2.73. The summed E-state index contributed by atoms with van der Waals surface area (Å²) >= 11 is 0. The highest BCUT2D eigenvalue weighted by Gasteiger charge is 2.44. The predicted octanol–water partition coefficient (Wildman–Crippen LogP) is 2.99. The number of hydrogen-bond donors (Lipinski definition) is 0. The second-order valence-corrected chi connectivity index (χ2v) is 5.11. The maximum atomic E-state index is 6.13. The van der Waals surface area contributed by atoms with Crippen LogP contribution >= 0.6 is 0 Å².